The first-order valence-electron chi connectivity index (χ1n) is 5.62. The molecule has 0 bridgehead atoms. The summed E-state index contributed by atoms with van der Waals surface area (Å²) in [5.41, 5.74) is 9.43. The summed E-state index contributed by atoms with van der Waals surface area (Å²) in [5, 5.41) is 9.35. The maximum atomic E-state index is 8.78. The fraction of sp³-hybridized carbons (Fsp3) is 0. The van der Waals surface area contributed by atoms with Crippen LogP contribution in [0, 0.1) is 11.3 Å². The third kappa shape index (κ3) is 2.01. The Balaban J connectivity index is 2.15. The van der Waals surface area contributed by atoms with Gasteiger partial charge in [0.25, 0.3) is 0 Å². The number of aromatic amines is 1. The monoisotopic (exact) mass is 268 g/mol. The molecular weight excluding hydrogens is 260 g/mol. The Kier molecular flexibility index (Phi) is 2.62. The average Bonchev–Trinajstić information content (AvgIpc) is 2.83. The van der Waals surface area contributed by atoms with Gasteiger partial charge in [-0.25, -0.2) is 4.98 Å². The number of H-pyrrole nitrogens is 1. The lowest BCUT2D eigenvalue weighted by Gasteiger charge is -1.95. The number of benzene rings is 2. The van der Waals surface area contributed by atoms with Gasteiger partial charge in [-0.05, 0) is 36.4 Å². The molecule has 0 radical (unpaired) electrons. The normalized spacial score (nSPS) is 10.5. The Hall–Kier alpha value is -2.51. The van der Waals surface area contributed by atoms with Gasteiger partial charge in [-0.1, -0.05) is 11.6 Å². The van der Waals surface area contributed by atoms with Crippen LogP contribution in [0.25, 0.3) is 22.4 Å². The van der Waals surface area contributed by atoms with E-state index in [0.717, 1.165) is 11.1 Å². The van der Waals surface area contributed by atoms with Crippen molar-refractivity contribution in [2.45, 2.75) is 0 Å². The molecule has 0 amide bonds. The number of anilines is 1. The predicted molar refractivity (Wildman–Crippen MR) is 75.7 cm³/mol. The average molecular weight is 269 g/mol. The molecule has 3 aromatic rings. The number of nitrogens with one attached hydrogen (secondary N) is 1. The Morgan fingerprint density at radius 1 is 1.21 bits per heavy atom. The van der Waals surface area contributed by atoms with Gasteiger partial charge in [0.05, 0.1) is 22.8 Å². The number of hydrogen-bond acceptors (Lipinski definition) is 3. The van der Waals surface area contributed by atoms with Crippen molar-refractivity contribution >= 4 is 28.3 Å². The van der Waals surface area contributed by atoms with Crippen LogP contribution in [0.1, 0.15) is 5.56 Å². The highest BCUT2D eigenvalue weighted by molar-refractivity contribution is 6.31. The molecule has 2 aromatic carbocycles. The molecule has 0 saturated heterocycles. The van der Waals surface area contributed by atoms with Gasteiger partial charge < -0.3 is 10.7 Å². The molecule has 0 aliphatic carbocycles. The number of nitriles is 1. The minimum Gasteiger partial charge on any atom is -0.397 e. The maximum absolute atomic E-state index is 8.78. The second-order valence-corrected chi connectivity index (χ2v) is 4.60. The van der Waals surface area contributed by atoms with Gasteiger partial charge in [0.2, 0.25) is 0 Å². The van der Waals surface area contributed by atoms with Gasteiger partial charge in [0.15, 0.2) is 0 Å². The zero-order valence-electron chi connectivity index (χ0n) is 9.81. The zero-order valence-corrected chi connectivity index (χ0v) is 10.6. The van der Waals surface area contributed by atoms with E-state index in [1.54, 1.807) is 24.3 Å². The Bertz CT molecular complexity index is 797. The number of nitrogens with zero attached hydrogens (tertiary/aromatic N) is 2. The fourth-order valence-corrected chi connectivity index (χ4v) is 2.17. The number of hydrogen-bond donors (Lipinski definition) is 2. The number of fused-ring (bicyclic) bond motifs is 1. The van der Waals surface area contributed by atoms with E-state index < -0.39 is 0 Å². The summed E-state index contributed by atoms with van der Waals surface area (Å²) in [6.45, 7) is 0. The molecular formula is C14H9ClN4. The van der Waals surface area contributed by atoms with Crippen molar-refractivity contribution in [3.63, 3.8) is 0 Å². The highest BCUT2D eigenvalue weighted by Crippen LogP contribution is 2.27. The summed E-state index contributed by atoms with van der Waals surface area (Å²) in [7, 11) is 0. The molecule has 0 fully saturated rings. The van der Waals surface area contributed by atoms with Crippen LogP contribution in [0.15, 0.2) is 36.4 Å². The molecule has 3 N–H and O–H groups in total. The quantitative estimate of drug-likeness (QED) is 0.665. The lowest BCUT2D eigenvalue weighted by Crippen LogP contribution is -1.86. The van der Waals surface area contributed by atoms with E-state index in [1.807, 2.05) is 12.1 Å². The zero-order chi connectivity index (χ0) is 13.4. The third-order valence-electron chi connectivity index (χ3n) is 2.87. The summed E-state index contributed by atoms with van der Waals surface area (Å²) in [4.78, 5) is 7.63. The Morgan fingerprint density at radius 3 is 2.63 bits per heavy atom. The van der Waals surface area contributed by atoms with Crippen LogP contribution in [0.5, 0.6) is 0 Å². The van der Waals surface area contributed by atoms with Gasteiger partial charge in [-0.15, -0.1) is 0 Å². The molecule has 19 heavy (non-hydrogen) atoms. The fourth-order valence-electron chi connectivity index (χ4n) is 1.95. The molecule has 5 heteroatoms. The lowest BCUT2D eigenvalue weighted by molar-refractivity contribution is 1.33. The molecule has 4 nitrogen and oxygen atoms in total. The van der Waals surface area contributed by atoms with Crippen LogP contribution in [0.4, 0.5) is 5.69 Å². The second kappa shape index (κ2) is 4.30. The lowest BCUT2D eigenvalue weighted by atomic mass is 10.1. The number of nitrogens with two attached hydrogens (primary N) is 1. The first-order valence-corrected chi connectivity index (χ1v) is 6.00. The number of rotatable bonds is 1. The predicted octanol–water partition coefficient (Wildman–Crippen LogP) is 3.34. The highest BCUT2D eigenvalue weighted by atomic mass is 35.5. The van der Waals surface area contributed by atoms with Crippen LogP contribution in [0.2, 0.25) is 5.02 Å². The number of nitrogen functional groups attached to an aromatic ring is 1. The summed E-state index contributed by atoms with van der Waals surface area (Å²) >= 11 is 5.95. The highest BCUT2D eigenvalue weighted by Gasteiger charge is 2.08. The van der Waals surface area contributed by atoms with E-state index in [-0.39, 0.29) is 0 Å². The minimum atomic E-state index is 0.540. The second-order valence-electron chi connectivity index (χ2n) is 4.17. The van der Waals surface area contributed by atoms with E-state index in [0.29, 0.717) is 27.6 Å². The van der Waals surface area contributed by atoms with Crippen molar-refractivity contribution in [1.82, 2.24) is 9.97 Å². The topological polar surface area (TPSA) is 78.5 Å². The molecule has 0 unspecified atom stereocenters. The number of aromatic nitrogens is 2. The molecule has 0 saturated carbocycles. The molecule has 3 rings (SSSR count). The molecule has 0 spiro atoms. The molecule has 0 atom stereocenters. The van der Waals surface area contributed by atoms with Gasteiger partial charge in [-0.3, -0.25) is 0 Å². The Labute approximate surface area is 114 Å². The Morgan fingerprint density at radius 2 is 1.95 bits per heavy atom. The van der Waals surface area contributed by atoms with Crippen LogP contribution in [-0.4, -0.2) is 9.97 Å². The van der Waals surface area contributed by atoms with Crippen LogP contribution in [0.3, 0.4) is 0 Å². The summed E-state index contributed by atoms with van der Waals surface area (Å²) < 4.78 is 0. The van der Waals surface area contributed by atoms with E-state index in [9.17, 15) is 0 Å². The molecule has 92 valence electrons. The summed E-state index contributed by atoms with van der Waals surface area (Å²) in [6, 6.07) is 12.7. The van der Waals surface area contributed by atoms with Crippen molar-refractivity contribution in [2.75, 3.05) is 5.73 Å². The van der Waals surface area contributed by atoms with E-state index >= 15 is 0 Å². The smallest absolute Gasteiger partial charge is 0.138 e. The van der Waals surface area contributed by atoms with Crippen molar-refractivity contribution in [1.29, 1.82) is 5.26 Å². The maximum Gasteiger partial charge on any atom is 0.138 e. The van der Waals surface area contributed by atoms with E-state index in [4.69, 9.17) is 22.6 Å². The van der Waals surface area contributed by atoms with Gasteiger partial charge in [0, 0.05) is 10.6 Å². The van der Waals surface area contributed by atoms with Crippen LogP contribution in [-0.2, 0) is 0 Å². The SMILES string of the molecule is N#Cc1ccc(-c2nc3c(N)cc(Cl)cc3[nH]2)cc1. The molecule has 1 heterocycles. The standard InChI is InChI=1S/C14H9ClN4/c15-10-5-11(17)13-12(6-10)18-14(19-13)9-3-1-8(7-16)2-4-9/h1-6H,17H2,(H,18,19). The molecule has 0 aliphatic rings. The largest absolute Gasteiger partial charge is 0.397 e. The molecule has 0 aliphatic heterocycles. The summed E-state index contributed by atoms with van der Waals surface area (Å²) in [5.74, 6) is 0.702. The minimum absolute atomic E-state index is 0.540. The first-order chi connectivity index (χ1) is 9.17. The van der Waals surface area contributed by atoms with Gasteiger partial charge in [-0.2, -0.15) is 5.26 Å². The van der Waals surface area contributed by atoms with Crippen molar-refractivity contribution in [3.05, 3.63) is 47.0 Å². The van der Waals surface area contributed by atoms with Crippen molar-refractivity contribution < 1.29 is 0 Å². The summed E-state index contributed by atoms with van der Waals surface area (Å²) in [6.07, 6.45) is 0. The van der Waals surface area contributed by atoms with Gasteiger partial charge >= 0.3 is 0 Å². The van der Waals surface area contributed by atoms with E-state index in [2.05, 4.69) is 16.0 Å². The number of halogens is 1. The van der Waals surface area contributed by atoms with Crippen molar-refractivity contribution in [2.24, 2.45) is 0 Å². The van der Waals surface area contributed by atoms with Crippen molar-refractivity contribution in [3.8, 4) is 17.5 Å². The third-order valence-corrected chi connectivity index (χ3v) is 3.09. The van der Waals surface area contributed by atoms with E-state index in [1.165, 1.54) is 0 Å². The van der Waals surface area contributed by atoms with Gasteiger partial charge in [0.1, 0.15) is 11.3 Å². The number of imidazole rings is 1. The van der Waals surface area contributed by atoms with Crippen LogP contribution >= 0.6 is 11.6 Å². The molecule has 1 aromatic heterocycles. The first kappa shape index (κ1) is 11.6. The van der Waals surface area contributed by atoms with Crippen LogP contribution < -0.4 is 5.73 Å².